The van der Waals surface area contributed by atoms with Gasteiger partial charge in [0.2, 0.25) is 0 Å². The number of fused-ring (bicyclic) bond motifs is 3. The highest BCUT2D eigenvalue weighted by Crippen LogP contribution is 2.33. The summed E-state index contributed by atoms with van der Waals surface area (Å²) in [5.74, 6) is 0.812. The molecule has 0 atom stereocenters. The molecule has 12 nitrogen and oxygen atoms in total. The van der Waals surface area contributed by atoms with Crippen LogP contribution in [0.1, 0.15) is 33.1 Å². The predicted molar refractivity (Wildman–Crippen MR) is 138 cm³/mol. The van der Waals surface area contributed by atoms with E-state index in [1.165, 1.54) is 35.3 Å². The van der Waals surface area contributed by atoms with E-state index in [1.54, 1.807) is 22.8 Å². The first kappa shape index (κ1) is 24.4. The Labute approximate surface area is 212 Å². The molecule has 0 saturated carbocycles. The van der Waals surface area contributed by atoms with Gasteiger partial charge in [-0.1, -0.05) is 20.3 Å². The second-order valence-electron chi connectivity index (χ2n) is 8.44. The van der Waals surface area contributed by atoms with Crippen molar-refractivity contribution in [3.8, 4) is 17.1 Å². The van der Waals surface area contributed by atoms with Crippen LogP contribution >= 0.6 is 0 Å². The summed E-state index contributed by atoms with van der Waals surface area (Å²) >= 11 is 0. The van der Waals surface area contributed by atoms with Crippen LogP contribution in [-0.4, -0.2) is 49.1 Å². The van der Waals surface area contributed by atoms with Gasteiger partial charge in [-0.05, 0) is 43.2 Å². The van der Waals surface area contributed by atoms with Crippen LogP contribution < -0.4 is 15.1 Å². The molecule has 1 aromatic carbocycles. The molecule has 4 aromatic heterocycles. The summed E-state index contributed by atoms with van der Waals surface area (Å²) in [7, 11) is -3.92. The zero-order valence-corrected chi connectivity index (χ0v) is 21.2. The van der Waals surface area contributed by atoms with Gasteiger partial charge in [-0.25, -0.2) is 22.6 Å². The molecule has 0 radical (unpaired) electrons. The fourth-order valence-corrected chi connectivity index (χ4v) is 5.04. The van der Waals surface area contributed by atoms with Crippen molar-refractivity contribution in [1.82, 2.24) is 34.1 Å². The molecule has 0 aliphatic rings. The molecule has 0 unspecified atom stereocenters. The molecule has 0 saturated heterocycles. The van der Waals surface area contributed by atoms with E-state index < -0.39 is 10.0 Å². The standard InChI is InChI=1S/C24H26N8O4S/c1-3-5-12-31-22-20(23-29-26-15-32(23)24(31)33)27-21(28-22)18-14-17(6-7-19(18)36-13-4-2)37(34,35)30-16-8-10-25-11-9-16/h6-11,14-15H,3-5,12-13H2,1-2H3,(H,25,30)(H,27,28). The van der Waals surface area contributed by atoms with E-state index in [9.17, 15) is 13.2 Å². The lowest BCUT2D eigenvalue weighted by Crippen LogP contribution is -2.27. The molecule has 192 valence electrons. The van der Waals surface area contributed by atoms with Crippen molar-refractivity contribution in [2.75, 3.05) is 11.3 Å². The Bertz CT molecular complexity index is 1720. The number of aromatic nitrogens is 7. The number of anilines is 1. The van der Waals surface area contributed by atoms with E-state index >= 15 is 0 Å². The lowest BCUT2D eigenvalue weighted by atomic mass is 10.2. The molecule has 4 heterocycles. The van der Waals surface area contributed by atoms with E-state index in [-0.39, 0.29) is 10.6 Å². The first-order valence-electron chi connectivity index (χ1n) is 11.9. The molecule has 5 rings (SSSR count). The average Bonchev–Trinajstić information content (AvgIpc) is 3.56. The van der Waals surface area contributed by atoms with Crippen molar-refractivity contribution in [3.63, 3.8) is 0 Å². The minimum absolute atomic E-state index is 0.0274. The third-order valence-electron chi connectivity index (χ3n) is 5.79. The van der Waals surface area contributed by atoms with Crippen molar-refractivity contribution in [2.45, 2.75) is 44.6 Å². The highest BCUT2D eigenvalue weighted by Gasteiger charge is 2.22. The number of benzene rings is 1. The summed E-state index contributed by atoms with van der Waals surface area (Å²) in [6, 6.07) is 7.72. The van der Waals surface area contributed by atoms with E-state index in [0.29, 0.717) is 52.8 Å². The number of hydrogen-bond acceptors (Lipinski definition) is 8. The molecule has 13 heteroatoms. The zero-order chi connectivity index (χ0) is 26.0. The monoisotopic (exact) mass is 522 g/mol. The molecule has 5 aromatic rings. The number of aromatic amines is 1. The topological polar surface area (TPSA) is 149 Å². The van der Waals surface area contributed by atoms with Gasteiger partial charge in [-0.15, -0.1) is 10.2 Å². The first-order valence-corrected chi connectivity index (χ1v) is 13.4. The lowest BCUT2D eigenvalue weighted by molar-refractivity contribution is 0.318. The molecular formula is C24H26N8O4S. The van der Waals surface area contributed by atoms with Gasteiger partial charge in [0.15, 0.2) is 11.3 Å². The summed E-state index contributed by atoms with van der Waals surface area (Å²) in [4.78, 5) is 25.0. The van der Waals surface area contributed by atoms with Gasteiger partial charge in [0.05, 0.1) is 22.8 Å². The number of unbranched alkanes of at least 4 members (excludes halogenated alkanes) is 1. The van der Waals surface area contributed by atoms with E-state index in [0.717, 1.165) is 19.3 Å². The third-order valence-corrected chi connectivity index (χ3v) is 7.17. The molecule has 0 amide bonds. The minimum atomic E-state index is -3.92. The Morgan fingerprint density at radius 1 is 1.08 bits per heavy atom. The van der Waals surface area contributed by atoms with Crippen molar-refractivity contribution in [1.29, 1.82) is 0 Å². The maximum atomic E-state index is 13.2. The van der Waals surface area contributed by atoms with Crippen LogP contribution in [0.5, 0.6) is 5.75 Å². The molecule has 0 fully saturated rings. The van der Waals surface area contributed by atoms with Gasteiger partial charge in [-0.2, -0.15) is 0 Å². The maximum absolute atomic E-state index is 13.2. The highest BCUT2D eigenvalue weighted by molar-refractivity contribution is 7.92. The predicted octanol–water partition coefficient (Wildman–Crippen LogP) is 3.22. The number of nitrogens with one attached hydrogen (secondary N) is 2. The van der Waals surface area contributed by atoms with Gasteiger partial charge in [0.1, 0.15) is 23.4 Å². The van der Waals surface area contributed by atoms with Crippen molar-refractivity contribution < 1.29 is 13.2 Å². The van der Waals surface area contributed by atoms with Crippen LogP contribution in [0.15, 0.2) is 58.7 Å². The molecule has 37 heavy (non-hydrogen) atoms. The number of imidazole rings is 1. The molecule has 0 bridgehead atoms. The number of H-pyrrole nitrogens is 1. The van der Waals surface area contributed by atoms with Crippen molar-refractivity contribution in [3.05, 3.63) is 59.5 Å². The van der Waals surface area contributed by atoms with Gasteiger partial charge < -0.3 is 9.72 Å². The molecule has 0 aliphatic heterocycles. The Kier molecular flexibility index (Phi) is 6.61. The number of sulfonamides is 1. The van der Waals surface area contributed by atoms with Crippen molar-refractivity contribution in [2.24, 2.45) is 0 Å². The molecule has 0 aliphatic carbocycles. The Morgan fingerprint density at radius 2 is 1.89 bits per heavy atom. The maximum Gasteiger partial charge on any atom is 0.336 e. The van der Waals surface area contributed by atoms with Crippen LogP contribution in [0.2, 0.25) is 0 Å². The molecule has 0 spiro atoms. The van der Waals surface area contributed by atoms with Crippen LogP contribution in [0, 0.1) is 0 Å². The number of nitrogens with zero attached hydrogens (tertiary/aromatic N) is 6. The van der Waals surface area contributed by atoms with Crippen molar-refractivity contribution >= 4 is 32.5 Å². The van der Waals surface area contributed by atoms with Gasteiger partial charge in [0, 0.05) is 18.9 Å². The Morgan fingerprint density at radius 3 is 2.65 bits per heavy atom. The number of hydrogen-bond donors (Lipinski definition) is 2. The van der Waals surface area contributed by atoms with Crippen LogP contribution in [0.3, 0.4) is 0 Å². The molecular weight excluding hydrogens is 496 g/mol. The minimum Gasteiger partial charge on any atom is -0.493 e. The largest absolute Gasteiger partial charge is 0.493 e. The summed E-state index contributed by atoms with van der Waals surface area (Å²) < 4.78 is 37.8. The summed E-state index contributed by atoms with van der Waals surface area (Å²) in [6.45, 7) is 4.92. The average molecular weight is 523 g/mol. The second kappa shape index (κ2) is 10.0. The summed E-state index contributed by atoms with van der Waals surface area (Å²) in [5.41, 5.74) is 1.81. The molecule has 2 N–H and O–H groups in total. The lowest BCUT2D eigenvalue weighted by Gasteiger charge is -2.13. The normalized spacial score (nSPS) is 11.8. The number of rotatable bonds is 10. The van der Waals surface area contributed by atoms with Gasteiger partial charge in [-0.3, -0.25) is 14.3 Å². The van der Waals surface area contributed by atoms with E-state index in [2.05, 4.69) is 24.9 Å². The number of ether oxygens (including phenoxy) is 1. The second-order valence-corrected chi connectivity index (χ2v) is 10.1. The summed E-state index contributed by atoms with van der Waals surface area (Å²) in [5, 5.41) is 7.99. The van der Waals surface area contributed by atoms with Gasteiger partial charge >= 0.3 is 5.69 Å². The quantitative estimate of drug-likeness (QED) is 0.284. The smallest absolute Gasteiger partial charge is 0.336 e. The number of pyridine rings is 1. The summed E-state index contributed by atoms with van der Waals surface area (Å²) in [6.07, 6.45) is 6.81. The van der Waals surface area contributed by atoms with Crippen LogP contribution in [0.4, 0.5) is 5.69 Å². The van der Waals surface area contributed by atoms with Crippen LogP contribution in [-0.2, 0) is 16.6 Å². The Hall–Kier alpha value is -4.26. The van der Waals surface area contributed by atoms with E-state index in [4.69, 9.17) is 9.72 Å². The third kappa shape index (κ3) is 4.65. The fourth-order valence-electron chi connectivity index (χ4n) is 3.96. The van der Waals surface area contributed by atoms with E-state index in [1.807, 2.05) is 13.8 Å². The SMILES string of the molecule is CCCCn1c(=O)n2cnnc2c2[nH]c(-c3cc(S(=O)(=O)Nc4ccncc4)ccc3OCCC)nc21. The van der Waals surface area contributed by atoms with Gasteiger partial charge in [0.25, 0.3) is 10.0 Å². The zero-order valence-electron chi connectivity index (χ0n) is 20.4. The Balaban J connectivity index is 1.67. The number of aryl methyl sites for hydroxylation is 1. The first-order chi connectivity index (χ1) is 17.9. The fraction of sp³-hybridized carbons (Fsp3) is 0.292. The van der Waals surface area contributed by atoms with Crippen LogP contribution in [0.25, 0.3) is 28.2 Å². The highest BCUT2D eigenvalue weighted by atomic mass is 32.2.